The third-order valence-electron chi connectivity index (χ3n) is 3.17. The number of fused-ring (bicyclic) bond motifs is 1. The number of carbonyl (C=O) groups is 1. The summed E-state index contributed by atoms with van der Waals surface area (Å²) in [6, 6.07) is 7.49. The van der Waals surface area contributed by atoms with Crippen LogP contribution in [0.3, 0.4) is 0 Å². The highest BCUT2D eigenvalue weighted by molar-refractivity contribution is 6.00. The second-order valence-corrected chi connectivity index (χ2v) is 4.65. The summed E-state index contributed by atoms with van der Waals surface area (Å²) in [4.78, 5) is 17.1. The highest BCUT2D eigenvalue weighted by Crippen LogP contribution is 2.21. The molecule has 0 atom stereocenters. The number of benzene rings is 1. The van der Waals surface area contributed by atoms with Crippen LogP contribution in [-0.4, -0.2) is 29.4 Å². The van der Waals surface area contributed by atoms with E-state index in [2.05, 4.69) is 11.6 Å². The average molecular weight is 257 g/mol. The molecule has 0 fully saturated rings. The summed E-state index contributed by atoms with van der Waals surface area (Å²) in [5, 5.41) is 0.961. The molecular weight excluding hydrogens is 238 g/mol. The first-order chi connectivity index (χ1) is 9.13. The smallest absolute Gasteiger partial charge is 0.270 e. The molecule has 0 saturated heterocycles. The lowest BCUT2D eigenvalue weighted by atomic mass is 10.2. The lowest BCUT2D eigenvalue weighted by Crippen LogP contribution is -2.27. The molecule has 2 rings (SSSR count). The molecular formula is C15H19N3O. The largest absolute Gasteiger partial charge is 0.397 e. The van der Waals surface area contributed by atoms with Gasteiger partial charge in [0.25, 0.3) is 5.91 Å². The molecule has 1 aromatic heterocycles. The molecule has 0 aliphatic rings. The van der Waals surface area contributed by atoms with E-state index in [1.54, 1.807) is 11.9 Å². The van der Waals surface area contributed by atoms with Gasteiger partial charge in [0.1, 0.15) is 5.69 Å². The Morgan fingerprint density at radius 2 is 2.32 bits per heavy atom. The molecule has 1 aromatic carbocycles. The Morgan fingerprint density at radius 1 is 1.53 bits per heavy atom. The van der Waals surface area contributed by atoms with Crippen LogP contribution in [0.1, 0.15) is 23.3 Å². The fraction of sp³-hybridized carbons (Fsp3) is 0.267. The van der Waals surface area contributed by atoms with Crippen LogP contribution in [0, 0.1) is 0 Å². The number of nitrogens with two attached hydrogens (primary N) is 1. The third kappa shape index (κ3) is 2.78. The van der Waals surface area contributed by atoms with E-state index in [0.29, 0.717) is 11.4 Å². The number of anilines is 1. The van der Waals surface area contributed by atoms with Gasteiger partial charge in [0.2, 0.25) is 0 Å². The molecule has 1 amide bonds. The van der Waals surface area contributed by atoms with Gasteiger partial charge in [-0.1, -0.05) is 18.2 Å². The van der Waals surface area contributed by atoms with Gasteiger partial charge < -0.3 is 15.6 Å². The SMILES string of the molecule is C=CCCCN(C)C(=O)c1cc2cccc(N)c2[nH]1. The lowest BCUT2D eigenvalue weighted by Gasteiger charge is -2.15. The second kappa shape index (κ2) is 5.61. The molecule has 3 N–H and O–H groups in total. The number of carbonyl (C=O) groups excluding carboxylic acids is 1. The van der Waals surface area contributed by atoms with Crippen molar-refractivity contribution in [2.75, 3.05) is 19.3 Å². The second-order valence-electron chi connectivity index (χ2n) is 4.65. The van der Waals surface area contributed by atoms with Crippen molar-refractivity contribution in [3.05, 3.63) is 42.6 Å². The Kier molecular flexibility index (Phi) is 3.90. The molecule has 0 aliphatic heterocycles. The molecule has 19 heavy (non-hydrogen) atoms. The Hall–Kier alpha value is -2.23. The topological polar surface area (TPSA) is 62.1 Å². The number of allylic oxidation sites excluding steroid dienone is 1. The minimum Gasteiger partial charge on any atom is -0.397 e. The summed E-state index contributed by atoms with van der Waals surface area (Å²) >= 11 is 0. The molecule has 4 nitrogen and oxygen atoms in total. The van der Waals surface area contributed by atoms with Crippen molar-refractivity contribution in [3.63, 3.8) is 0 Å². The standard InChI is InChI=1S/C15H19N3O/c1-3-4-5-9-18(2)15(19)13-10-11-7-6-8-12(16)14(11)17-13/h3,6-8,10,17H,1,4-5,9,16H2,2H3. The van der Waals surface area contributed by atoms with Crippen molar-refractivity contribution in [1.82, 2.24) is 9.88 Å². The quantitative estimate of drug-likeness (QED) is 0.491. The van der Waals surface area contributed by atoms with E-state index in [1.807, 2.05) is 30.3 Å². The van der Waals surface area contributed by atoms with E-state index in [1.165, 1.54) is 0 Å². The normalized spacial score (nSPS) is 10.6. The number of amides is 1. The predicted molar refractivity (Wildman–Crippen MR) is 79.1 cm³/mol. The van der Waals surface area contributed by atoms with Gasteiger partial charge in [0.05, 0.1) is 11.2 Å². The molecule has 2 aromatic rings. The summed E-state index contributed by atoms with van der Waals surface area (Å²) in [6.45, 7) is 4.39. The number of nitrogens with zero attached hydrogens (tertiary/aromatic N) is 1. The predicted octanol–water partition coefficient (Wildman–Crippen LogP) is 2.79. The van der Waals surface area contributed by atoms with Crippen molar-refractivity contribution in [2.24, 2.45) is 0 Å². The number of nitrogen functional groups attached to an aromatic ring is 1. The maximum atomic E-state index is 12.2. The van der Waals surface area contributed by atoms with Crippen LogP contribution in [0.2, 0.25) is 0 Å². The lowest BCUT2D eigenvalue weighted by molar-refractivity contribution is 0.0789. The molecule has 1 heterocycles. The van der Waals surface area contributed by atoms with E-state index < -0.39 is 0 Å². The van der Waals surface area contributed by atoms with Gasteiger partial charge >= 0.3 is 0 Å². The monoisotopic (exact) mass is 257 g/mol. The van der Waals surface area contributed by atoms with Crippen LogP contribution in [0.15, 0.2) is 36.9 Å². The first-order valence-corrected chi connectivity index (χ1v) is 6.37. The number of aromatic amines is 1. The van der Waals surface area contributed by atoms with Crippen molar-refractivity contribution in [3.8, 4) is 0 Å². The molecule has 0 unspecified atom stereocenters. The van der Waals surface area contributed by atoms with Crippen LogP contribution in [0.4, 0.5) is 5.69 Å². The zero-order valence-electron chi connectivity index (χ0n) is 11.1. The first kappa shape index (κ1) is 13.2. The van der Waals surface area contributed by atoms with E-state index in [4.69, 9.17) is 5.73 Å². The molecule has 0 bridgehead atoms. The van der Waals surface area contributed by atoms with Gasteiger partial charge in [-0.15, -0.1) is 6.58 Å². The molecule has 0 radical (unpaired) electrons. The van der Waals surface area contributed by atoms with E-state index >= 15 is 0 Å². The highest BCUT2D eigenvalue weighted by Gasteiger charge is 2.14. The number of para-hydroxylation sites is 1. The van der Waals surface area contributed by atoms with E-state index in [-0.39, 0.29) is 5.91 Å². The number of nitrogens with one attached hydrogen (secondary N) is 1. The number of aromatic nitrogens is 1. The summed E-state index contributed by atoms with van der Waals surface area (Å²) in [6.07, 6.45) is 3.70. The number of H-pyrrole nitrogens is 1. The van der Waals surface area contributed by atoms with Crippen LogP contribution in [0.25, 0.3) is 10.9 Å². The number of hydrogen-bond donors (Lipinski definition) is 2. The zero-order valence-corrected chi connectivity index (χ0v) is 11.1. The number of rotatable bonds is 5. The van der Waals surface area contributed by atoms with E-state index in [9.17, 15) is 4.79 Å². The minimum absolute atomic E-state index is 0.0142. The molecule has 0 aliphatic carbocycles. The van der Waals surface area contributed by atoms with Crippen LogP contribution in [-0.2, 0) is 0 Å². The molecule has 0 saturated carbocycles. The third-order valence-corrected chi connectivity index (χ3v) is 3.17. The molecule has 4 heteroatoms. The summed E-state index contributed by atoms with van der Waals surface area (Å²) in [5.74, 6) is -0.0142. The van der Waals surface area contributed by atoms with Gasteiger partial charge in [0.15, 0.2) is 0 Å². The average Bonchev–Trinajstić information content (AvgIpc) is 2.83. The first-order valence-electron chi connectivity index (χ1n) is 6.37. The van der Waals surface area contributed by atoms with E-state index in [0.717, 1.165) is 30.3 Å². The number of unbranched alkanes of at least 4 members (excludes halogenated alkanes) is 1. The fourth-order valence-corrected chi connectivity index (χ4v) is 2.07. The van der Waals surface area contributed by atoms with Crippen LogP contribution < -0.4 is 5.73 Å². The maximum absolute atomic E-state index is 12.2. The summed E-state index contributed by atoms with van der Waals surface area (Å²) in [5.41, 5.74) is 7.94. The van der Waals surface area contributed by atoms with Crippen LogP contribution >= 0.6 is 0 Å². The minimum atomic E-state index is -0.0142. The van der Waals surface area contributed by atoms with Crippen LogP contribution in [0.5, 0.6) is 0 Å². The highest BCUT2D eigenvalue weighted by atomic mass is 16.2. The molecule has 0 spiro atoms. The maximum Gasteiger partial charge on any atom is 0.270 e. The van der Waals surface area contributed by atoms with Gasteiger partial charge in [-0.25, -0.2) is 0 Å². The Bertz CT molecular complexity index is 600. The van der Waals surface area contributed by atoms with Crippen molar-refractivity contribution in [1.29, 1.82) is 0 Å². The van der Waals surface area contributed by atoms with Gasteiger partial charge in [-0.05, 0) is 25.0 Å². The Balaban J connectivity index is 2.17. The van der Waals surface area contributed by atoms with Gasteiger partial charge in [-0.2, -0.15) is 0 Å². The molecule has 100 valence electrons. The number of hydrogen-bond acceptors (Lipinski definition) is 2. The van der Waals surface area contributed by atoms with Crippen molar-refractivity contribution < 1.29 is 4.79 Å². The van der Waals surface area contributed by atoms with Crippen molar-refractivity contribution >= 4 is 22.5 Å². The zero-order chi connectivity index (χ0) is 13.8. The van der Waals surface area contributed by atoms with Gasteiger partial charge in [0, 0.05) is 19.0 Å². The Labute approximate surface area is 112 Å². The van der Waals surface area contributed by atoms with Gasteiger partial charge in [-0.3, -0.25) is 4.79 Å². The Morgan fingerprint density at radius 3 is 3.00 bits per heavy atom. The summed E-state index contributed by atoms with van der Waals surface area (Å²) < 4.78 is 0. The summed E-state index contributed by atoms with van der Waals surface area (Å²) in [7, 11) is 1.81. The van der Waals surface area contributed by atoms with Crippen molar-refractivity contribution in [2.45, 2.75) is 12.8 Å². The fourth-order valence-electron chi connectivity index (χ4n) is 2.07.